The lowest BCUT2D eigenvalue weighted by Crippen LogP contribution is -2.50. The molecule has 2 unspecified atom stereocenters. The fourth-order valence-electron chi connectivity index (χ4n) is 4.48. The first-order valence-electron chi connectivity index (χ1n) is 9.49. The van der Waals surface area contributed by atoms with Gasteiger partial charge in [-0.2, -0.15) is 0 Å². The second-order valence-electron chi connectivity index (χ2n) is 7.33. The van der Waals surface area contributed by atoms with E-state index in [-0.39, 0.29) is 42.1 Å². The Labute approximate surface area is 143 Å². The summed E-state index contributed by atoms with van der Waals surface area (Å²) in [5, 5.41) is 3.31. The molecule has 1 N–H and O–H groups in total. The van der Waals surface area contributed by atoms with Crippen LogP contribution in [0.4, 0.5) is 0 Å². The van der Waals surface area contributed by atoms with Gasteiger partial charge in [0.2, 0.25) is 17.7 Å². The van der Waals surface area contributed by atoms with Crippen molar-refractivity contribution in [1.29, 1.82) is 0 Å². The van der Waals surface area contributed by atoms with Gasteiger partial charge in [0.25, 0.3) is 0 Å². The normalized spacial score (nSPS) is 28.1. The fraction of sp³-hybridized carbons (Fsp3) is 0.833. The van der Waals surface area contributed by atoms with Gasteiger partial charge in [0.15, 0.2) is 0 Å². The lowest BCUT2D eigenvalue weighted by molar-refractivity contribution is -0.147. The first-order chi connectivity index (χ1) is 11.6. The summed E-state index contributed by atoms with van der Waals surface area (Å²) in [5.74, 6) is -0.626. The second-order valence-corrected chi connectivity index (χ2v) is 7.33. The zero-order valence-corrected chi connectivity index (χ0v) is 14.6. The maximum absolute atomic E-state index is 12.8. The Morgan fingerprint density at radius 3 is 2.21 bits per heavy atom. The number of rotatable bonds is 5. The SMILES string of the molecule is CCCN(C(=O)CN1C(=O)C2CCCCC2C1=O)C1CCNCC1. The second kappa shape index (κ2) is 7.64. The minimum atomic E-state index is -0.169. The van der Waals surface area contributed by atoms with E-state index in [0.29, 0.717) is 6.54 Å². The highest BCUT2D eigenvalue weighted by molar-refractivity contribution is 6.07. The molecule has 0 aromatic carbocycles. The number of imide groups is 1. The van der Waals surface area contributed by atoms with Gasteiger partial charge in [-0.15, -0.1) is 0 Å². The maximum Gasteiger partial charge on any atom is 0.242 e. The molecule has 2 aliphatic heterocycles. The molecule has 0 spiro atoms. The molecule has 2 saturated heterocycles. The van der Waals surface area contributed by atoms with Crippen LogP contribution in [0.25, 0.3) is 0 Å². The molecule has 0 radical (unpaired) electrons. The van der Waals surface area contributed by atoms with Gasteiger partial charge in [0, 0.05) is 12.6 Å². The summed E-state index contributed by atoms with van der Waals surface area (Å²) < 4.78 is 0. The van der Waals surface area contributed by atoms with Crippen LogP contribution in [0.3, 0.4) is 0 Å². The highest BCUT2D eigenvalue weighted by Gasteiger charge is 2.48. The molecule has 3 amide bonds. The summed E-state index contributed by atoms with van der Waals surface area (Å²) in [6.07, 6.45) is 6.40. The van der Waals surface area contributed by atoms with Crippen molar-refractivity contribution in [3.05, 3.63) is 0 Å². The number of fused-ring (bicyclic) bond motifs is 1. The summed E-state index contributed by atoms with van der Waals surface area (Å²) >= 11 is 0. The molecule has 0 aromatic heterocycles. The number of amides is 3. The molecular formula is C18H29N3O3. The van der Waals surface area contributed by atoms with Crippen molar-refractivity contribution < 1.29 is 14.4 Å². The number of likely N-dealkylation sites (tertiary alicyclic amines) is 1. The van der Waals surface area contributed by atoms with Gasteiger partial charge in [-0.1, -0.05) is 19.8 Å². The number of hydrogen-bond donors (Lipinski definition) is 1. The van der Waals surface area contributed by atoms with Crippen molar-refractivity contribution in [2.75, 3.05) is 26.2 Å². The van der Waals surface area contributed by atoms with E-state index >= 15 is 0 Å². The number of piperidine rings is 1. The van der Waals surface area contributed by atoms with Gasteiger partial charge >= 0.3 is 0 Å². The number of carbonyl (C=O) groups excluding carboxylic acids is 3. The average molecular weight is 335 g/mol. The predicted molar refractivity (Wildman–Crippen MR) is 90.1 cm³/mol. The van der Waals surface area contributed by atoms with E-state index in [1.807, 2.05) is 4.90 Å². The van der Waals surface area contributed by atoms with Gasteiger partial charge in [0.1, 0.15) is 6.54 Å². The topological polar surface area (TPSA) is 69.7 Å². The Balaban J connectivity index is 1.67. The lowest BCUT2D eigenvalue weighted by atomic mass is 9.81. The molecule has 0 aromatic rings. The van der Waals surface area contributed by atoms with E-state index in [4.69, 9.17) is 0 Å². The third kappa shape index (κ3) is 3.34. The Morgan fingerprint density at radius 1 is 1.08 bits per heavy atom. The molecule has 3 fully saturated rings. The van der Waals surface area contributed by atoms with Crippen LogP contribution in [0.15, 0.2) is 0 Å². The Hall–Kier alpha value is -1.43. The molecule has 6 heteroatoms. The molecule has 1 saturated carbocycles. The minimum Gasteiger partial charge on any atom is -0.338 e. The standard InChI is InChI=1S/C18H29N3O3/c1-2-11-20(13-7-9-19-10-8-13)16(22)12-21-17(23)14-5-3-4-6-15(14)18(21)24/h13-15,19H,2-12H2,1H3. The molecule has 0 bridgehead atoms. The summed E-state index contributed by atoms with van der Waals surface area (Å²) in [7, 11) is 0. The van der Waals surface area contributed by atoms with Crippen molar-refractivity contribution in [1.82, 2.24) is 15.1 Å². The molecule has 24 heavy (non-hydrogen) atoms. The molecule has 134 valence electrons. The highest BCUT2D eigenvalue weighted by atomic mass is 16.2. The number of hydrogen-bond acceptors (Lipinski definition) is 4. The van der Waals surface area contributed by atoms with Crippen LogP contribution in [0.1, 0.15) is 51.9 Å². The van der Waals surface area contributed by atoms with Crippen molar-refractivity contribution in [2.45, 2.75) is 57.9 Å². The van der Waals surface area contributed by atoms with Crippen molar-refractivity contribution >= 4 is 17.7 Å². The zero-order chi connectivity index (χ0) is 17.1. The molecule has 1 aliphatic carbocycles. The summed E-state index contributed by atoms with van der Waals surface area (Å²) in [5.41, 5.74) is 0. The van der Waals surface area contributed by atoms with E-state index in [9.17, 15) is 14.4 Å². The summed E-state index contributed by atoms with van der Waals surface area (Å²) in [6.45, 7) is 4.54. The molecule has 2 heterocycles. The molecular weight excluding hydrogens is 306 g/mol. The zero-order valence-electron chi connectivity index (χ0n) is 14.6. The van der Waals surface area contributed by atoms with Crippen molar-refractivity contribution in [3.63, 3.8) is 0 Å². The average Bonchev–Trinajstić information content (AvgIpc) is 2.85. The smallest absolute Gasteiger partial charge is 0.242 e. The van der Waals surface area contributed by atoms with E-state index < -0.39 is 0 Å². The molecule has 6 nitrogen and oxygen atoms in total. The van der Waals surface area contributed by atoms with Crippen LogP contribution < -0.4 is 5.32 Å². The molecule has 3 aliphatic rings. The van der Waals surface area contributed by atoms with E-state index in [1.165, 1.54) is 4.90 Å². The number of nitrogens with one attached hydrogen (secondary N) is 1. The first-order valence-corrected chi connectivity index (χ1v) is 9.49. The van der Waals surface area contributed by atoms with Gasteiger partial charge in [-0.05, 0) is 45.2 Å². The van der Waals surface area contributed by atoms with Gasteiger partial charge in [-0.3, -0.25) is 19.3 Å². The monoisotopic (exact) mass is 335 g/mol. The lowest BCUT2D eigenvalue weighted by Gasteiger charge is -2.35. The van der Waals surface area contributed by atoms with Crippen LogP contribution in [0.2, 0.25) is 0 Å². The largest absolute Gasteiger partial charge is 0.338 e. The molecule has 2 atom stereocenters. The van der Waals surface area contributed by atoms with Crippen molar-refractivity contribution in [2.24, 2.45) is 11.8 Å². The first kappa shape index (κ1) is 17.4. The Kier molecular flexibility index (Phi) is 5.54. The number of nitrogens with zero attached hydrogens (tertiary/aromatic N) is 2. The Morgan fingerprint density at radius 2 is 1.67 bits per heavy atom. The molecule has 3 rings (SSSR count). The van der Waals surface area contributed by atoms with Gasteiger partial charge in [-0.25, -0.2) is 0 Å². The quantitative estimate of drug-likeness (QED) is 0.765. The van der Waals surface area contributed by atoms with Crippen LogP contribution in [0.5, 0.6) is 0 Å². The fourth-order valence-corrected chi connectivity index (χ4v) is 4.48. The van der Waals surface area contributed by atoms with Crippen LogP contribution in [-0.2, 0) is 14.4 Å². The summed E-state index contributed by atoms with van der Waals surface area (Å²) in [4.78, 5) is 41.1. The van der Waals surface area contributed by atoms with E-state index in [2.05, 4.69) is 12.2 Å². The Bertz CT molecular complexity index is 478. The summed E-state index contributed by atoms with van der Waals surface area (Å²) in [6, 6.07) is 0.230. The van der Waals surface area contributed by atoms with Crippen LogP contribution >= 0.6 is 0 Å². The maximum atomic E-state index is 12.8. The van der Waals surface area contributed by atoms with E-state index in [0.717, 1.165) is 58.0 Å². The van der Waals surface area contributed by atoms with Crippen molar-refractivity contribution in [3.8, 4) is 0 Å². The van der Waals surface area contributed by atoms with Gasteiger partial charge < -0.3 is 10.2 Å². The third-order valence-electron chi connectivity index (χ3n) is 5.76. The van der Waals surface area contributed by atoms with E-state index in [1.54, 1.807) is 0 Å². The highest BCUT2D eigenvalue weighted by Crippen LogP contribution is 2.37. The van der Waals surface area contributed by atoms with Crippen LogP contribution in [-0.4, -0.2) is 59.7 Å². The third-order valence-corrected chi connectivity index (χ3v) is 5.76. The minimum absolute atomic E-state index is 0.0609. The van der Waals surface area contributed by atoms with Gasteiger partial charge in [0.05, 0.1) is 11.8 Å². The predicted octanol–water partition coefficient (Wildman–Crippen LogP) is 1.15. The van der Waals surface area contributed by atoms with Crippen LogP contribution in [0, 0.1) is 11.8 Å². The number of carbonyl (C=O) groups is 3.